The molecule has 0 aromatic heterocycles. The topological polar surface area (TPSA) is 43.1 Å². The molecule has 1 aliphatic rings. The first kappa shape index (κ1) is 11.1. The minimum Gasteiger partial charge on any atom is -0.328 e. The summed E-state index contributed by atoms with van der Waals surface area (Å²) in [4.78, 5) is 10.4. The van der Waals surface area contributed by atoms with Gasteiger partial charge in [0.1, 0.15) is 0 Å². The monoisotopic (exact) mass is 221 g/mol. The fraction of sp³-hybridized carbons (Fsp3) is 0.500. The van der Waals surface area contributed by atoms with Crippen LogP contribution in [0.4, 0.5) is 5.69 Å². The third-order valence-corrected chi connectivity index (χ3v) is 3.37. The Labute approximate surface area is 95.2 Å². The molecule has 1 aromatic rings. The highest BCUT2D eigenvalue weighted by Gasteiger charge is 2.22. The van der Waals surface area contributed by atoms with Crippen LogP contribution in [0.3, 0.4) is 0 Å². The standard InChI is InChI=1S/C12H17N2O2/c1-14(2)7-5-10-3-4-12(13(15)16)9-11(10)6-8-14/h3-4,9H,5-8H2,1-2H3/q+1. The number of fused-ring (bicyclic) bond motifs is 1. The molecule has 1 aromatic carbocycles. The second-order valence-electron chi connectivity index (χ2n) is 5.09. The molecule has 0 spiro atoms. The number of nitro groups is 1. The normalized spacial score (nSPS) is 18.6. The fourth-order valence-electron chi connectivity index (χ4n) is 2.16. The van der Waals surface area contributed by atoms with E-state index in [1.807, 2.05) is 6.07 Å². The van der Waals surface area contributed by atoms with Gasteiger partial charge in [-0.2, -0.15) is 0 Å². The maximum absolute atomic E-state index is 10.7. The third kappa shape index (κ3) is 2.22. The molecule has 1 aliphatic heterocycles. The molecule has 0 unspecified atom stereocenters. The molecule has 0 fully saturated rings. The smallest absolute Gasteiger partial charge is 0.269 e. The number of nitro benzene ring substituents is 1. The van der Waals surface area contributed by atoms with Crippen LogP contribution in [0.15, 0.2) is 18.2 Å². The van der Waals surface area contributed by atoms with Crippen LogP contribution in [0.25, 0.3) is 0 Å². The van der Waals surface area contributed by atoms with E-state index in [0.29, 0.717) is 0 Å². The van der Waals surface area contributed by atoms with Gasteiger partial charge in [-0.3, -0.25) is 10.1 Å². The largest absolute Gasteiger partial charge is 0.328 e. The van der Waals surface area contributed by atoms with Gasteiger partial charge >= 0.3 is 0 Å². The second-order valence-corrected chi connectivity index (χ2v) is 5.09. The molecule has 1 heterocycles. The maximum atomic E-state index is 10.7. The molecule has 4 nitrogen and oxygen atoms in total. The number of hydrogen-bond acceptors (Lipinski definition) is 2. The highest BCUT2D eigenvalue weighted by atomic mass is 16.6. The van der Waals surface area contributed by atoms with Crippen LogP contribution < -0.4 is 0 Å². The van der Waals surface area contributed by atoms with E-state index in [0.717, 1.165) is 36.0 Å². The zero-order valence-electron chi connectivity index (χ0n) is 9.77. The quantitative estimate of drug-likeness (QED) is 0.412. The van der Waals surface area contributed by atoms with Crippen LogP contribution in [0.5, 0.6) is 0 Å². The minimum atomic E-state index is -0.314. The predicted molar refractivity (Wildman–Crippen MR) is 62.3 cm³/mol. The Bertz CT molecular complexity index is 427. The summed E-state index contributed by atoms with van der Waals surface area (Å²) in [5, 5.41) is 10.7. The second kappa shape index (κ2) is 3.87. The van der Waals surface area contributed by atoms with Crippen LogP contribution in [0, 0.1) is 10.1 Å². The summed E-state index contributed by atoms with van der Waals surface area (Å²) in [6, 6.07) is 5.27. The Morgan fingerprint density at radius 3 is 2.44 bits per heavy atom. The van der Waals surface area contributed by atoms with Crippen molar-refractivity contribution in [1.29, 1.82) is 0 Å². The van der Waals surface area contributed by atoms with E-state index >= 15 is 0 Å². The number of rotatable bonds is 1. The van der Waals surface area contributed by atoms with E-state index in [2.05, 4.69) is 14.1 Å². The summed E-state index contributed by atoms with van der Waals surface area (Å²) >= 11 is 0. The molecule has 0 aliphatic carbocycles. The van der Waals surface area contributed by atoms with Crippen LogP contribution in [-0.2, 0) is 12.8 Å². The van der Waals surface area contributed by atoms with E-state index < -0.39 is 0 Å². The lowest BCUT2D eigenvalue weighted by molar-refractivity contribution is -0.889. The molecular formula is C12H17N2O2+. The first-order chi connectivity index (χ1) is 7.48. The third-order valence-electron chi connectivity index (χ3n) is 3.37. The van der Waals surface area contributed by atoms with Gasteiger partial charge in [0.2, 0.25) is 0 Å². The summed E-state index contributed by atoms with van der Waals surface area (Å²) in [7, 11) is 4.42. The lowest BCUT2D eigenvalue weighted by atomic mass is 10.0. The van der Waals surface area contributed by atoms with Gasteiger partial charge in [-0.05, 0) is 11.1 Å². The molecule has 16 heavy (non-hydrogen) atoms. The molecule has 0 amide bonds. The van der Waals surface area contributed by atoms with Gasteiger partial charge in [0.15, 0.2) is 0 Å². The van der Waals surface area contributed by atoms with Crippen LogP contribution in [0.2, 0.25) is 0 Å². The van der Waals surface area contributed by atoms with Crippen molar-refractivity contribution in [3.05, 3.63) is 39.4 Å². The molecule has 0 bridgehead atoms. The van der Waals surface area contributed by atoms with Gasteiger partial charge in [-0.25, -0.2) is 0 Å². The molecule has 0 N–H and O–H groups in total. The van der Waals surface area contributed by atoms with E-state index in [4.69, 9.17) is 0 Å². The molecule has 0 saturated heterocycles. The molecule has 0 radical (unpaired) electrons. The lowest BCUT2D eigenvalue weighted by Crippen LogP contribution is -2.41. The average molecular weight is 221 g/mol. The molecule has 0 atom stereocenters. The van der Waals surface area contributed by atoms with Crippen molar-refractivity contribution < 1.29 is 9.41 Å². The first-order valence-electron chi connectivity index (χ1n) is 5.56. The lowest BCUT2D eigenvalue weighted by Gasteiger charge is -2.27. The van der Waals surface area contributed by atoms with Crippen LogP contribution in [0.1, 0.15) is 11.1 Å². The highest BCUT2D eigenvalue weighted by Crippen LogP contribution is 2.22. The van der Waals surface area contributed by atoms with Gasteiger partial charge in [0.25, 0.3) is 5.69 Å². The predicted octanol–water partition coefficient (Wildman–Crippen LogP) is 1.77. The van der Waals surface area contributed by atoms with Crippen molar-refractivity contribution in [3.63, 3.8) is 0 Å². The van der Waals surface area contributed by atoms with Gasteiger partial charge in [-0.15, -0.1) is 0 Å². The molecular weight excluding hydrogens is 204 g/mol. The molecule has 86 valence electrons. The summed E-state index contributed by atoms with van der Waals surface area (Å²) in [6.07, 6.45) is 1.95. The zero-order chi connectivity index (χ0) is 11.8. The maximum Gasteiger partial charge on any atom is 0.269 e. The van der Waals surface area contributed by atoms with E-state index in [-0.39, 0.29) is 10.6 Å². The van der Waals surface area contributed by atoms with Crippen molar-refractivity contribution in [2.75, 3.05) is 27.2 Å². The van der Waals surface area contributed by atoms with Gasteiger partial charge in [-0.1, -0.05) is 6.07 Å². The summed E-state index contributed by atoms with van der Waals surface area (Å²) in [6.45, 7) is 2.15. The van der Waals surface area contributed by atoms with Crippen LogP contribution >= 0.6 is 0 Å². The number of hydrogen-bond donors (Lipinski definition) is 0. The molecule has 0 saturated carbocycles. The van der Waals surface area contributed by atoms with Crippen molar-refractivity contribution in [2.24, 2.45) is 0 Å². The number of quaternary nitrogens is 1. The first-order valence-corrected chi connectivity index (χ1v) is 5.56. The van der Waals surface area contributed by atoms with Crippen LogP contribution in [-0.4, -0.2) is 36.6 Å². The van der Waals surface area contributed by atoms with Gasteiger partial charge in [0, 0.05) is 25.0 Å². The number of likely N-dealkylation sites (N-methyl/N-ethyl adjacent to an activating group) is 1. The highest BCUT2D eigenvalue weighted by molar-refractivity contribution is 5.40. The Balaban J connectivity index is 2.32. The summed E-state index contributed by atoms with van der Waals surface area (Å²) in [5.74, 6) is 0. The van der Waals surface area contributed by atoms with E-state index in [1.54, 1.807) is 12.1 Å². The van der Waals surface area contributed by atoms with Crippen molar-refractivity contribution >= 4 is 5.69 Å². The van der Waals surface area contributed by atoms with Crippen molar-refractivity contribution in [1.82, 2.24) is 0 Å². The summed E-state index contributed by atoms with van der Waals surface area (Å²) < 4.78 is 0.989. The van der Waals surface area contributed by atoms with Crippen molar-refractivity contribution in [3.8, 4) is 0 Å². The SMILES string of the molecule is C[N+]1(C)CCc2ccc([N+](=O)[O-])cc2CC1. The minimum absolute atomic E-state index is 0.214. The average Bonchev–Trinajstić information content (AvgIpc) is 2.38. The Morgan fingerprint density at radius 2 is 1.81 bits per heavy atom. The fourth-order valence-corrected chi connectivity index (χ4v) is 2.16. The number of nitrogens with zero attached hydrogens (tertiary/aromatic N) is 2. The Kier molecular flexibility index (Phi) is 2.68. The van der Waals surface area contributed by atoms with Crippen molar-refractivity contribution in [2.45, 2.75) is 12.8 Å². The number of non-ortho nitro benzene ring substituents is 1. The zero-order valence-corrected chi connectivity index (χ0v) is 9.77. The Hall–Kier alpha value is -1.42. The van der Waals surface area contributed by atoms with Gasteiger partial charge < -0.3 is 4.48 Å². The molecule has 2 rings (SSSR count). The van der Waals surface area contributed by atoms with E-state index in [9.17, 15) is 10.1 Å². The number of benzene rings is 1. The van der Waals surface area contributed by atoms with E-state index in [1.165, 1.54) is 5.56 Å². The molecule has 4 heteroatoms. The summed E-state index contributed by atoms with van der Waals surface area (Å²) in [5.41, 5.74) is 2.64. The Morgan fingerprint density at radius 1 is 1.19 bits per heavy atom. The van der Waals surface area contributed by atoms with Gasteiger partial charge in [0.05, 0.1) is 32.1 Å².